The molecule has 2 amide bonds. The van der Waals surface area contributed by atoms with E-state index in [1.54, 1.807) is 24.3 Å². The monoisotopic (exact) mass is 512 g/mol. The molecule has 0 saturated carbocycles. The van der Waals surface area contributed by atoms with E-state index in [1.165, 1.54) is 0 Å². The van der Waals surface area contributed by atoms with Crippen molar-refractivity contribution in [1.82, 2.24) is 15.1 Å². The number of nitrogens with one attached hydrogen (secondary N) is 2. The molecule has 1 atom stereocenters. The fourth-order valence-corrected chi connectivity index (χ4v) is 3.94. The first kappa shape index (κ1) is 28.5. The van der Waals surface area contributed by atoms with Crippen molar-refractivity contribution < 1.29 is 14.7 Å². The lowest BCUT2D eigenvalue weighted by atomic mass is 10.0. The van der Waals surface area contributed by atoms with E-state index >= 15 is 0 Å². The number of carboxylic acid groups (broad SMARTS) is 1. The van der Waals surface area contributed by atoms with Crippen LogP contribution in [0, 0.1) is 24.3 Å². The predicted molar refractivity (Wildman–Crippen MR) is 142 cm³/mol. The molecular formula is C26H33ClN6O3. The molecular weight excluding hydrogens is 480 g/mol. The molecule has 0 bridgehead atoms. The summed E-state index contributed by atoms with van der Waals surface area (Å²) in [4.78, 5) is 30.6. The third kappa shape index (κ3) is 9.12. The molecule has 0 aliphatic carbocycles. The minimum absolute atomic E-state index is 0.0309. The predicted octanol–water partition coefficient (Wildman–Crippen LogP) is 5.06. The van der Waals surface area contributed by atoms with E-state index in [0.717, 1.165) is 24.6 Å². The minimum Gasteiger partial charge on any atom is -0.481 e. The van der Waals surface area contributed by atoms with Crippen molar-refractivity contribution in [3.63, 3.8) is 0 Å². The van der Waals surface area contributed by atoms with E-state index in [2.05, 4.69) is 29.4 Å². The molecule has 3 N–H and O–H groups in total. The Labute approximate surface area is 217 Å². The lowest BCUT2D eigenvalue weighted by Crippen LogP contribution is -2.59. The van der Waals surface area contributed by atoms with Gasteiger partial charge in [-0.1, -0.05) is 43.6 Å². The van der Waals surface area contributed by atoms with Gasteiger partial charge in [-0.2, -0.15) is 5.26 Å². The van der Waals surface area contributed by atoms with Crippen LogP contribution >= 0.6 is 11.6 Å². The summed E-state index contributed by atoms with van der Waals surface area (Å²) in [6.45, 7) is 9.02. The van der Waals surface area contributed by atoms with Crippen LogP contribution in [0.4, 0.5) is 16.2 Å². The average Bonchev–Trinajstić information content (AvgIpc) is 2.81. The maximum atomic E-state index is 12.9. The van der Waals surface area contributed by atoms with Crippen molar-refractivity contribution >= 4 is 40.9 Å². The van der Waals surface area contributed by atoms with E-state index in [-0.39, 0.29) is 12.1 Å². The third-order valence-electron chi connectivity index (χ3n) is 5.39. The second-order valence-corrected chi connectivity index (χ2v) is 9.27. The third-order valence-corrected chi connectivity index (χ3v) is 5.64. The highest BCUT2D eigenvalue weighted by Gasteiger charge is 2.32. The molecule has 1 aliphatic heterocycles. The lowest BCUT2D eigenvalue weighted by molar-refractivity contribution is -0.134. The van der Waals surface area contributed by atoms with Gasteiger partial charge in [0.25, 0.3) is 5.97 Å². The van der Waals surface area contributed by atoms with Crippen LogP contribution in [-0.4, -0.2) is 58.5 Å². The fourth-order valence-electron chi connectivity index (χ4n) is 3.82. The molecule has 2 aromatic carbocycles. The number of benzene rings is 2. The Morgan fingerprint density at radius 3 is 2.42 bits per heavy atom. The number of aliphatic carboxylic acids is 1. The Morgan fingerprint density at radius 1 is 1.19 bits per heavy atom. The Bertz CT molecular complexity index is 1090. The number of anilines is 1. The van der Waals surface area contributed by atoms with Crippen LogP contribution in [0.2, 0.25) is 5.02 Å². The number of aliphatic imine (C=N–C) groups is 1. The molecule has 0 aromatic heterocycles. The number of carbonyl (C=O) groups is 2. The standard InChI is InChI=1S/C24H29ClN6O.C2H4O2/c1-17(2)14-21-15-30(24(32)28-20-10-8-19(25)9-11-20)12-13-31(21)23(27-16-26)29-22-7-5-4-6-18(22)3;1-2(3)4/h4-11,17,21H,12-15H2,1-3H3,(H,27,29)(H,28,32);1H3,(H,3,4). The molecule has 1 heterocycles. The van der Waals surface area contributed by atoms with E-state index in [0.29, 0.717) is 42.2 Å². The van der Waals surface area contributed by atoms with E-state index < -0.39 is 5.97 Å². The number of hydrogen-bond acceptors (Lipinski definition) is 4. The normalized spacial score (nSPS) is 15.5. The first-order chi connectivity index (χ1) is 17.1. The summed E-state index contributed by atoms with van der Waals surface area (Å²) < 4.78 is 0. The zero-order valence-electron chi connectivity index (χ0n) is 21.0. The molecule has 1 saturated heterocycles. The van der Waals surface area contributed by atoms with E-state index in [9.17, 15) is 10.1 Å². The average molecular weight is 513 g/mol. The Balaban J connectivity index is 0.00000106. The summed E-state index contributed by atoms with van der Waals surface area (Å²) in [5.74, 6) is 0.105. The summed E-state index contributed by atoms with van der Waals surface area (Å²) >= 11 is 5.93. The highest BCUT2D eigenvalue weighted by atomic mass is 35.5. The van der Waals surface area contributed by atoms with Gasteiger partial charge >= 0.3 is 6.03 Å². The molecule has 3 rings (SSSR count). The lowest BCUT2D eigenvalue weighted by Gasteiger charge is -2.43. The van der Waals surface area contributed by atoms with Crippen LogP contribution in [0.15, 0.2) is 53.5 Å². The summed E-state index contributed by atoms with van der Waals surface area (Å²) in [6, 6.07) is 14.8. The van der Waals surface area contributed by atoms with Gasteiger partial charge in [0.2, 0.25) is 5.96 Å². The smallest absolute Gasteiger partial charge is 0.321 e. The fraction of sp³-hybridized carbons (Fsp3) is 0.385. The number of carbonyl (C=O) groups excluding carboxylic acids is 1. The van der Waals surface area contributed by atoms with Crippen LogP contribution in [0.1, 0.15) is 32.8 Å². The van der Waals surface area contributed by atoms with Crippen LogP contribution in [0.25, 0.3) is 0 Å². The molecule has 192 valence electrons. The molecule has 9 nitrogen and oxygen atoms in total. The first-order valence-electron chi connectivity index (χ1n) is 11.7. The minimum atomic E-state index is -0.833. The summed E-state index contributed by atoms with van der Waals surface area (Å²) in [6.07, 6.45) is 2.89. The number of rotatable bonds is 4. The largest absolute Gasteiger partial charge is 0.481 e. The number of para-hydroxylation sites is 1. The maximum Gasteiger partial charge on any atom is 0.321 e. The molecule has 2 aromatic rings. The highest BCUT2D eigenvalue weighted by Crippen LogP contribution is 2.22. The Hall–Kier alpha value is -3.77. The number of urea groups is 1. The number of amides is 2. The number of nitriles is 1. The first-order valence-corrected chi connectivity index (χ1v) is 12.1. The van der Waals surface area contributed by atoms with Gasteiger partial charge in [0.1, 0.15) is 0 Å². The van der Waals surface area contributed by atoms with Gasteiger partial charge in [-0.05, 0) is 55.2 Å². The van der Waals surface area contributed by atoms with Gasteiger partial charge in [0.15, 0.2) is 6.19 Å². The summed E-state index contributed by atoms with van der Waals surface area (Å²) in [5.41, 5.74) is 2.55. The van der Waals surface area contributed by atoms with E-state index in [1.807, 2.05) is 42.3 Å². The highest BCUT2D eigenvalue weighted by molar-refractivity contribution is 6.30. The quantitative estimate of drug-likeness (QED) is 0.228. The van der Waals surface area contributed by atoms with Crippen molar-refractivity contribution in [3.05, 3.63) is 59.1 Å². The number of aryl methyl sites for hydroxylation is 1. The van der Waals surface area contributed by atoms with E-state index in [4.69, 9.17) is 26.5 Å². The zero-order chi connectivity index (χ0) is 26.7. The second-order valence-electron chi connectivity index (χ2n) is 8.84. The number of halogens is 1. The van der Waals surface area contributed by atoms with Crippen LogP contribution in [-0.2, 0) is 4.79 Å². The number of nitrogens with zero attached hydrogens (tertiary/aromatic N) is 4. The molecule has 0 radical (unpaired) electrons. The molecule has 0 spiro atoms. The zero-order valence-corrected chi connectivity index (χ0v) is 21.8. The molecule has 1 fully saturated rings. The van der Waals surface area contributed by atoms with Crippen molar-refractivity contribution in [1.29, 1.82) is 5.26 Å². The van der Waals surface area contributed by atoms with Gasteiger partial charge < -0.3 is 20.2 Å². The van der Waals surface area contributed by atoms with Gasteiger partial charge in [0, 0.05) is 43.3 Å². The molecule has 36 heavy (non-hydrogen) atoms. The van der Waals surface area contributed by atoms with Crippen molar-refractivity contribution in [2.75, 3.05) is 25.0 Å². The van der Waals surface area contributed by atoms with Crippen LogP contribution < -0.4 is 10.6 Å². The molecule has 1 aliphatic rings. The van der Waals surface area contributed by atoms with Gasteiger partial charge in [-0.15, -0.1) is 0 Å². The molecule has 10 heteroatoms. The number of piperazine rings is 1. The van der Waals surface area contributed by atoms with Crippen LogP contribution in [0.3, 0.4) is 0 Å². The Morgan fingerprint density at radius 2 is 1.83 bits per heavy atom. The van der Waals surface area contributed by atoms with Gasteiger partial charge in [-0.25, -0.2) is 9.79 Å². The number of guanidine groups is 1. The van der Waals surface area contributed by atoms with Crippen molar-refractivity contribution in [2.45, 2.75) is 40.2 Å². The van der Waals surface area contributed by atoms with Gasteiger partial charge in [-0.3, -0.25) is 10.1 Å². The van der Waals surface area contributed by atoms with Crippen molar-refractivity contribution in [2.24, 2.45) is 10.9 Å². The SMILES string of the molecule is CC(=O)O.Cc1ccccc1N=C(NC#N)N1CCN(C(=O)Nc2ccc(Cl)cc2)CC1CC(C)C. The second kappa shape index (κ2) is 14.0. The van der Waals surface area contributed by atoms with Gasteiger partial charge in [0.05, 0.1) is 5.69 Å². The maximum absolute atomic E-state index is 12.9. The Kier molecular flexibility index (Phi) is 11.0. The topological polar surface area (TPSA) is 121 Å². The number of hydrogen-bond donors (Lipinski definition) is 3. The summed E-state index contributed by atoms with van der Waals surface area (Å²) in [7, 11) is 0. The van der Waals surface area contributed by atoms with Crippen LogP contribution in [0.5, 0.6) is 0 Å². The number of carboxylic acids is 1. The molecule has 1 unspecified atom stereocenters. The summed E-state index contributed by atoms with van der Waals surface area (Å²) in [5, 5.41) is 23.1. The van der Waals surface area contributed by atoms with Crippen molar-refractivity contribution in [3.8, 4) is 6.19 Å².